The number of hydrogen-bond acceptors (Lipinski definition) is 5. The molecule has 1 aliphatic rings. The average Bonchev–Trinajstić information content (AvgIpc) is 3.22. The molecule has 0 radical (unpaired) electrons. The van der Waals surface area contributed by atoms with E-state index in [9.17, 15) is 18.0 Å². The highest BCUT2D eigenvalue weighted by Crippen LogP contribution is 2.20. The summed E-state index contributed by atoms with van der Waals surface area (Å²) in [6, 6.07) is 5.56. The third kappa shape index (κ3) is 4.52. The minimum atomic E-state index is -4.04. The highest BCUT2D eigenvalue weighted by molar-refractivity contribution is 7.89. The zero-order chi connectivity index (χ0) is 15.5. The summed E-state index contributed by atoms with van der Waals surface area (Å²) in [5, 5.41) is 11.1. The van der Waals surface area contributed by atoms with Crippen molar-refractivity contribution in [2.24, 2.45) is 0 Å². The Morgan fingerprint density at radius 1 is 1.33 bits per heavy atom. The zero-order valence-electron chi connectivity index (χ0n) is 10.9. The fraction of sp³-hybridized carbons (Fsp3) is 0.333. The molecule has 0 spiro atoms. The highest BCUT2D eigenvalue weighted by atomic mass is 32.2. The molecule has 1 saturated carbocycles. The lowest BCUT2D eigenvalue weighted by Gasteiger charge is -2.08. The number of rotatable bonds is 7. The van der Waals surface area contributed by atoms with Gasteiger partial charge < -0.3 is 10.4 Å². The van der Waals surface area contributed by atoms with E-state index < -0.39 is 22.6 Å². The van der Waals surface area contributed by atoms with Gasteiger partial charge in [-0.3, -0.25) is 9.63 Å². The van der Waals surface area contributed by atoms with Crippen LogP contribution in [0.5, 0.6) is 0 Å². The number of carbonyl (C=O) groups is 2. The third-order valence-electron chi connectivity index (χ3n) is 2.68. The number of carboxylic acids is 1. The highest BCUT2D eigenvalue weighted by Gasteiger charge is 2.24. The molecule has 0 saturated heterocycles. The van der Waals surface area contributed by atoms with Crippen LogP contribution in [-0.2, 0) is 19.7 Å². The van der Waals surface area contributed by atoms with Gasteiger partial charge >= 0.3 is 5.97 Å². The summed E-state index contributed by atoms with van der Waals surface area (Å²) >= 11 is 0. The van der Waals surface area contributed by atoms with Gasteiger partial charge in [-0.05, 0) is 31.0 Å². The van der Waals surface area contributed by atoms with Crippen LogP contribution in [-0.4, -0.2) is 38.0 Å². The number of aliphatic carboxylic acids is 1. The van der Waals surface area contributed by atoms with E-state index in [2.05, 4.69) is 10.2 Å². The molecule has 0 atom stereocenters. The fourth-order valence-electron chi connectivity index (χ4n) is 1.52. The zero-order valence-corrected chi connectivity index (χ0v) is 11.7. The Kier molecular flexibility index (Phi) is 4.56. The summed E-state index contributed by atoms with van der Waals surface area (Å²) in [6.07, 6.45) is 1.85. The van der Waals surface area contributed by atoms with Crippen LogP contribution in [0.25, 0.3) is 0 Å². The summed E-state index contributed by atoms with van der Waals surface area (Å²) in [7, 11) is -4.04. The van der Waals surface area contributed by atoms with Crippen molar-refractivity contribution in [3.8, 4) is 0 Å². The van der Waals surface area contributed by atoms with E-state index in [4.69, 9.17) is 5.11 Å². The predicted molar refractivity (Wildman–Crippen MR) is 70.8 cm³/mol. The number of hydrogen-bond donors (Lipinski definition) is 3. The van der Waals surface area contributed by atoms with Crippen molar-refractivity contribution < 1.29 is 28.0 Å². The summed E-state index contributed by atoms with van der Waals surface area (Å²) in [5.74, 6) is -1.66. The SMILES string of the molecule is O=C(O)CONS(=O)(=O)c1cccc(C(=O)NC2CC2)c1. The second kappa shape index (κ2) is 6.20. The summed E-state index contributed by atoms with van der Waals surface area (Å²) in [5.41, 5.74) is 0.211. The van der Waals surface area contributed by atoms with Crippen molar-refractivity contribution in [2.45, 2.75) is 23.8 Å². The molecule has 1 fully saturated rings. The maximum absolute atomic E-state index is 11.9. The van der Waals surface area contributed by atoms with Crippen molar-refractivity contribution in [1.29, 1.82) is 0 Å². The minimum Gasteiger partial charge on any atom is -0.479 e. The molecule has 1 aromatic carbocycles. The Morgan fingerprint density at radius 3 is 2.67 bits per heavy atom. The predicted octanol–water partition coefficient (Wildman–Crippen LogP) is -0.127. The Labute approximate surface area is 121 Å². The largest absolute Gasteiger partial charge is 0.479 e. The summed E-state index contributed by atoms with van der Waals surface area (Å²) in [6.45, 7) is -0.804. The van der Waals surface area contributed by atoms with Gasteiger partial charge in [0.05, 0.1) is 4.90 Å². The van der Waals surface area contributed by atoms with E-state index in [-0.39, 0.29) is 22.4 Å². The van der Waals surface area contributed by atoms with Gasteiger partial charge in [0, 0.05) is 11.6 Å². The Bertz CT molecular complexity index is 653. The van der Waals surface area contributed by atoms with Crippen LogP contribution in [0.2, 0.25) is 0 Å². The normalized spacial score (nSPS) is 14.7. The average molecular weight is 314 g/mol. The minimum absolute atomic E-state index is 0.162. The van der Waals surface area contributed by atoms with E-state index in [0.29, 0.717) is 0 Å². The Morgan fingerprint density at radius 2 is 2.05 bits per heavy atom. The molecule has 1 aliphatic carbocycles. The first-order valence-corrected chi connectivity index (χ1v) is 7.63. The van der Waals surface area contributed by atoms with Crippen molar-refractivity contribution in [3.05, 3.63) is 29.8 Å². The van der Waals surface area contributed by atoms with Crippen molar-refractivity contribution in [3.63, 3.8) is 0 Å². The van der Waals surface area contributed by atoms with E-state index in [1.807, 2.05) is 0 Å². The lowest BCUT2D eigenvalue weighted by Crippen LogP contribution is -2.28. The molecular weight excluding hydrogens is 300 g/mol. The summed E-state index contributed by atoms with van der Waals surface area (Å²) < 4.78 is 23.7. The van der Waals surface area contributed by atoms with Gasteiger partial charge in [0.1, 0.15) is 0 Å². The van der Waals surface area contributed by atoms with E-state index in [1.54, 1.807) is 4.89 Å². The van der Waals surface area contributed by atoms with Crippen LogP contribution in [0.1, 0.15) is 23.2 Å². The first kappa shape index (κ1) is 15.4. The standard InChI is InChI=1S/C12H14N2O6S/c15-11(16)7-20-14-21(18,19)10-3-1-2-8(6-10)12(17)13-9-4-5-9/h1-3,6,9,14H,4-5,7H2,(H,13,17)(H,15,16). The summed E-state index contributed by atoms with van der Waals surface area (Å²) in [4.78, 5) is 28.0. The van der Waals surface area contributed by atoms with Gasteiger partial charge in [-0.1, -0.05) is 11.0 Å². The lowest BCUT2D eigenvalue weighted by molar-refractivity contribution is -0.143. The number of sulfonamides is 1. The molecule has 1 aromatic rings. The van der Waals surface area contributed by atoms with E-state index in [0.717, 1.165) is 12.8 Å². The topological polar surface area (TPSA) is 122 Å². The molecule has 114 valence electrons. The number of carbonyl (C=O) groups excluding carboxylic acids is 1. The van der Waals surface area contributed by atoms with Gasteiger partial charge in [0.2, 0.25) is 0 Å². The molecule has 0 aromatic heterocycles. The van der Waals surface area contributed by atoms with Gasteiger partial charge in [0.25, 0.3) is 15.9 Å². The number of amides is 1. The van der Waals surface area contributed by atoms with Gasteiger partial charge in [-0.2, -0.15) is 0 Å². The molecule has 21 heavy (non-hydrogen) atoms. The third-order valence-corrected chi connectivity index (χ3v) is 3.90. The maximum atomic E-state index is 11.9. The van der Waals surface area contributed by atoms with E-state index >= 15 is 0 Å². The first-order valence-electron chi connectivity index (χ1n) is 6.15. The van der Waals surface area contributed by atoms with Crippen LogP contribution in [0, 0.1) is 0 Å². The second-order valence-electron chi connectivity index (χ2n) is 4.54. The van der Waals surface area contributed by atoms with Crippen LogP contribution in [0.3, 0.4) is 0 Å². The first-order chi connectivity index (χ1) is 9.88. The lowest BCUT2D eigenvalue weighted by atomic mass is 10.2. The molecule has 0 bridgehead atoms. The van der Waals surface area contributed by atoms with Crippen molar-refractivity contribution >= 4 is 21.9 Å². The molecule has 0 heterocycles. The van der Waals surface area contributed by atoms with Crippen LogP contribution in [0.4, 0.5) is 0 Å². The number of carboxylic acid groups (broad SMARTS) is 1. The second-order valence-corrected chi connectivity index (χ2v) is 6.19. The quantitative estimate of drug-likeness (QED) is 0.603. The van der Waals surface area contributed by atoms with Crippen LogP contribution < -0.4 is 10.2 Å². The van der Waals surface area contributed by atoms with Crippen molar-refractivity contribution in [1.82, 2.24) is 10.2 Å². The van der Waals surface area contributed by atoms with E-state index in [1.165, 1.54) is 24.3 Å². The molecule has 1 amide bonds. The molecule has 9 heteroatoms. The molecular formula is C12H14N2O6S. The van der Waals surface area contributed by atoms with Crippen LogP contribution >= 0.6 is 0 Å². The monoisotopic (exact) mass is 314 g/mol. The molecule has 2 rings (SSSR count). The van der Waals surface area contributed by atoms with Gasteiger partial charge in [0.15, 0.2) is 6.61 Å². The Balaban J connectivity index is 2.07. The van der Waals surface area contributed by atoms with Crippen molar-refractivity contribution in [2.75, 3.05) is 6.61 Å². The molecule has 3 N–H and O–H groups in total. The maximum Gasteiger partial charge on any atom is 0.331 e. The molecule has 0 aliphatic heterocycles. The molecule has 8 nitrogen and oxygen atoms in total. The Hall–Kier alpha value is -1.97. The van der Waals surface area contributed by atoms with Crippen LogP contribution in [0.15, 0.2) is 29.2 Å². The fourth-order valence-corrected chi connectivity index (χ4v) is 2.37. The van der Waals surface area contributed by atoms with Gasteiger partial charge in [-0.25, -0.2) is 13.2 Å². The number of nitrogens with one attached hydrogen (secondary N) is 2. The van der Waals surface area contributed by atoms with Gasteiger partial charge in [-0.15, -0.1) is 0 Å². The molecule has 0 unspecified atom stereocenters. The smallest absolute Gasteiger partial charge is 0.331 e. The number of benzene rings is 1.